The molecule has 1 aliphatic rings. The molecular formula is C20H22BrNO. The summed E-state index contributed by atoms with van der Waals surface area (Å²) in [7, 11) is 0. The average Bonchev–Trinajstić information content (AvgIpc) is 2.59. The Morgan fingerprint density at radius 1 is 1.04 bits per heavy atom. The lowest BCUT2D eigenvalue weighted by Gasteiger charge is -2.28. The fourth-order valence-corrected chi connectivity index (χ4v) is 3.63. The molecule has 0 heterocycles. The molecule has 0 radical (unpaired) electrons. The van der Waals surface area contributed by atoms with Crippen LogP contribution in [0.2, 0.25) is 0 Å². The highest BCUT2D eigenvalue weighted by atomic mass is 79.9. The van der Waals surface area contributed by atoms with E-state index < -0.39 is 0 Å². The van der Waals surface area contributed by atoms with Crippen LogP contribution in [0.25, 0.3) is 0 Å². The molecule has 1 saturated carbocycles. The molecule has 1 aliphatic carbocycles. The highest BCUT2D eigenvalue weighted by molar-refractivity contribution is 9.10. The summed E-state index contributed by atoms with van der Waals surface area (Å²) in [4.78, 5) is 12.5. The summed E-state index contributed by atoms with van der Waals surface area (Å²) < 4.78 is 1.07. The zero-order chi connectivity index (χ0) is 16.2. The van der Waals surface area contributed by atoms with E-state index >= 15 is 0 Å². The van der Waals surface area contributed by atoms with Crippen molar-refractivity contribution in [3.63, 3.8) is 0 Å². The molecule has 1 fully saturated rings. The Labute approximate surface area is 146 Å². The number of carbonyl (C=O) groups is 1. The number of benzene rings is 2. The van der Waals surface area contributed by atoms with Crippen molar-refractivity contribution in [2.24, 2.45) is 5.92 Å². The second-order valence-corrected chi connectivity index (χ2v) is 7.27. The fraction of sp³-hybridized carbons (Fsp3) is 0.350. The summed E-state index contributed by atoms with van der Waals surface area (Å²) in [6.07, 6.45) is 4.14. The minimum absolute atomic E-state index is 0.138. The van der Waals surface area contributed by atoms with Crippen molar-refractivity contribution in [3.05, 3.63) is 64.1 Å². The Kier molecular flexibility index (Phi) is 5.16. The molecule has 0 atom stereocenters. The zero-order valence-corrected chi connectivity index (χ0v) is 15.0. The Bertz CT molecular complexity index is 675. The summed E-state index contributed by atoms with van der Waals surface area (Å²) in [5, 5.41) is 3.07. The minimum Gasteiger partial charge on any atom is -0.326 e. The van der Waals surface area contributed by atoms with Gasteiger partial charge in [-0.05, 0) is 67.9 Å². The molecule has 3 rings (SSSR count). The second-order valence-electron chi connectivity index (χ2n) is 6.41. The number of aryl methyl sites for hydroxylation is 1. The molecule has 0 aliphatic heterocycles. The Morgan fingerprint density at radius 2 is 1.74 bits per heavy atom. The summed E-state index contributed by atoms with van der Waals surface area (Å²) in [6.45, 7) is 2.03. The molecule has 1 amide bonds. The third kappa shape index (κ3) is 4.03. The van der Waals surface area contributed by atoms with Gasteiger partial charge in [0.2, 0.25) is 5.91 Å². The summed E-state index contributed by atoms with van der Waals surface area (Å²) in [6, 6.07) is 16.6. The largest absolute Gasteiger partial charge is 0.326 e. The third-order valence-corrected chi connectivity index (χ3v) is 5.68. The number of hydrogen-bond donors (Lipinski definition) is 1. The van der Waals surface area contributed by atoms with Gasteiger partial charge in [-0.1, -0.05) is 46.3 Å². The van der Waals surface area contributed by atoms with Crippen LogP contribution in [0.5, 0.6) is 0 Å². The summed E-state index contributed by atoms with van der Waals surface area (Å²) in [5.74, 6) is 0.910. The van der Waals surface area contributed by atoms with Gasteiger partial charge in [0, 0.05) is 16.1 Å². The van der Waals surface area contributed by atoms with E-state index in [1.165, 1.54) is 5.56 Å². The van der Waals surface area contributed by atoms with Gasteiger partial charge >= 0.3 is 0 Å². The Hall–Kier alpha value is -1.61. The third-order valence-electron chi connectivity index (χ3n) is 4.79. The van der Waals surface area contributed by atoms with Crippen molar-refractivity contribution in [2.75, 3.05) is 5.32 Å². The van der Waals surface area contributed by atoms with E-state index in [2.05, 4.69) is 51.6 Å². The van der Waals surface area contributed by atoms with Crippen molar-refractivity contribution in [3.8, 4) is 0 Å². The first-order valence-corrected chi connectivity index (χ1v) is 9.05. The summed E-state index contributed by atoms with van der Waals surface area (Å²) in [5.41, 5.74) is 3.44. The van der Waals surface area contributed by atoms with E-state index in [0.29, 0.717) is 5.92 Å². The number of halogens is 1. The number of carbonyl (C=O) groups excluding carboxylic acids is 1. The number of hydrogen-bond acceptors (Lipinski definition) is 1. The molecule has 23 heavy (non-hydrogen) atoms. The van der Waals surface area contributed by atoms with Crippen LogP contribution < -0.4 is 5.32 Å². The predicted molar refractivity (Wildman–Crippen MR) is 98.6 cm³/mol. The maximum atomic E-state index is 12.5. The van der Waals surface area contributed by atoms with Crippen LogP contribution in [0.3, 0.4) is 0 Å². The number of rotatable bonds is 3. The molecule has 0 saturated heterocycles. The molecule has 120 valence electrons. The van der Waals surface area contributed by atoms with E-state index in [4.69, 9.17) is 0 Å². The van der Waals surface area contributed by atoms with E-state index in [9.17, 15) is 4.79 Å². The molecule has 1 N–H and O–H groups in total. The maximum Gasteiger partial charge on any atom is 0.227 e. The van der Waals surface area contributed by atoms with Crippen LogP contribution in [-0.4, -0.2) is 5.91 Å². The van der Waals surface area contributed by atoms with Gasteiger partial charge in [-0.15, -0.1) is 0 Å². The fourth-order valence-electron chi connectivity index (χ4n) is 3.38. The number of amides is 1. The molecular weight excluding hydrogens is 350 g/mol. The van der Waals surface area contributed by atoms with Crippen molar-refractivity contribution >= 4 is 27.5 Å². The molecule has 0 bridgehead atoms. The second kappa shape index (κ2) is 7.31. The monoisotopic (exact) mass is 371 g/mol. The van der Waals surface area contributed by atoms with E-state index in [1.54, 1.807) is 0 Å². The van der Waals surface area contributed by atoms with Crippen LogP contribution >= 0.6 is 15.9 Å². The molecule has 2 nitrogen and oxygen atoms in total. The van der Waals surface area contributed by atoms with Crippen LogP contribution in [0.4, 0.5) is 5.69 Å². The van der Waals surface area contributed by atoms with Gasteiger partial charge in [0.05, 0.1) is 0 Å². The minimum atomic E-state index is 0.138. The lowest BCUT2D eigenvalue weighted by atomic mass is 9.78. The van der Waals surface area contributed by atoms with Crippen LogP contribution in [0.1, 0.15) is 42.7 Å². The van der Waals surface area contributed by atoms with Crippen molar-refractivity contribution in [1.29, 1.82) is 0 Å². The maximum absolute atomic E-state index is 12.5. The van der Waals surface area contributed by atoms with Crippen molar-refractivity contribution in [1.82, 2.24) is 0 Å². The summed E-state index contributed by atoms with van der Waals surface area (Å²) >= 11 is 3.49. The normalized spacial score (nSPS) is 21.0. The highest BCUT2D eigenvalue weighted by Crippen LogP contribution is 2.36. The van der Waals surface area contributed by atoms with Gasteiger partial charge in [-0.3, -0.25) is 4.79 Å². The van der Waals surface area contributed by atoms with E-state index in [1.807, 2.05) is 25.1 Å². The first-order valence-electron chi connectivity index (χ1n) is 8.25. The van der Waals surface area contributed by atoms with Gasteiger partial charge in [0.25, 0.3) is 0 Å². The quantitative estimate of drug-likeness (QED) is 0.739. The van der Waals surface area contributed by atoms with Crippen molar-refractivity contribution < 1.29 is 4.79 Å². The smallest absolute Gasteiger partial charge is 0.227 e. The highest BCUT2D eigenvalue weighted by Gasteiger charge is 2.27. The van der Waals surface area contributed by atoms with Gasteiger partial charge in [0.15, 0.2) is 0 Å². The molecule has 0 unspecified atom stereocenters. The van der Waals surface area contributed by atoms with Gasteiger partial charge in [-0.2, -0.15) is 0 Å². The van der Waals surface area contributed by atoms with Crippen LogP contribution in [0.15, 0.2) is 53.0 Å². The van der Waals surface area contributed by atoms with Gasteiger partial charge in [0.1, 0.15) is 0 Å². The van der Waals surface area contributed by atoms with E-state index in [-0.39, 0.29) is 11.8 Å². The zero-order valence-electron chi connectivity index (χ0n) is 13.4. The lowest BCUT2D eigenvalue weighted by Crippen LogP contribution is -2.26. The first-order chi connectivity index (χ1) is 11.1. The first kappa shape index (κ1) is 16.3. The average molecular weight is 372 g/mol. The Balaban J connectivity index is 1.57. The Morgan fingerprint density at radius 3 is 2.39 bits per heavy atom. The van der Waals surface area contributed by atoms with Gasteiger partial charge in [-0.25, -0.2) is 0 Å². The predicted octanol–water partition coefficient (Wildman–Crippen LogP) is 5.67. The number of nitrogens with one attached hydrogen (secondary N) is 1. The van der Waals surface area contributed by atoms with Crippen LogP contribution in [-0.2, 0) is 4.79 Å². The lowest BCUT2D eigenvalue weighted by molar-refractivity contribution is -0.120. The standard InChI is InChI=1S/C20H22BrNO/c1-14-13-18(11-12-19(14)21)22-20(23)17-9-7-16(8-10-17)15-5-3-2-4-6-15/h2-6,11-13,16-17H,7-10H2,1H3,(H,22,23). The number of anilines is 1. The molecule has 0 spiro atoms. The van der Waals surface area contributed by atoms with E-state index in [0.717, 1.165) is 41.4 Å². The molecule has 2 aromatic rings. The molecule has 3 heteroatoms. The van der Waals surface area contributed by atoms with Gasteiger partial charge < -0.3 is 5.32 Å². The van der Waals surface area contributed by atoms with Crippen molar-refractivity contribution in [2.45, 2.75) is 38.5 Å². The van der Waals surface area contributed by atoms with Crippen LogP contribution in [0, 0.1) is 12.8 Å². The topological polar surface area (TPSA) is 29.1 Å². The molecule has 2 aromatic carbocycles. The molecule has 0 aromatic heterocycles. The SMILES string of the molecule is Cc1cc(NC(=O)C2CCC(c3ccccc3)CC2)ccc1Br.